The summed E-state index contributed by atoms with van der Waals surface area (Å²) < 4.78 is 40.5. The number of amides is 1. The normalized spacial score (nSPS) is 11.8. The Labute approximate surface area is 209 Å². The van der Waals surface area contributed by atoms with Gasteiger partial charge in [0.15, 0.2) is 0 Å². The Morgan fingerprint density at radius 1 is 1.03 bits per heavy atom. The molecule has 0 unspecified atom stereocenters. The molecule has 0 atom stereocenters. The van der Waals surface area contributed by atoms with Crippen LogP contribution in [0.1, 0.15) is 16.7 Å². The van der Waals surface area contributed by atoms with Crippen molar-refractivity contribution in [2.24, 2.45) is 5.10 Å². The first-order valence-corrected chi connectivity index (χ1v) is 11.2. The molecule has 1 amide bonds. The molecule has 0 radical (unpaired) electrons. The molecule has 10 heteroatoms. The van der Waals surface area contributed by atoms with Crippen LogP contribution in [0, 0.1) is 0 Å². The summed E-state index contributed by atoms with van der Waals surface area (Å²) in [7, 11) is 0. The minimum Gasteiger partial charge on any atom is -0.376 e. The SMILES string of the molecule is O=C(CNc1cccc(C(F)(F)F)c1)N/N=C\c1cn(Cc2ccc(Cl)cc2Cl)c2ccccc12. The van der Waals surface area contributed by atoms with Gasteiger partial charge in [-0.3, -0.25) is 4.79 Å². The zero-order chi connectivity index (χ0) is 25.0. The van der Waals surface area contributed by atoms with E-state index in [9.17, 15) is 18.0 Å². The van der Waals surface area contributed by atoms with Crippen molar-refractivity contribution in [1.29, 1.82) is 0 Å². The number of alkyl halides is 3. The summed E-state index contributed by atoms with van der Waals surface area (Å²) in [6.07, 6.45) is -1.04. The molecule has 1 heterocycles. The Morgan fingerprint density at radius 2 is 1.83 bits per heavy atom. The second-order valence-electron chi connectivity index (χ2n) is 7.69. The molecule has 2 N–H and O–H groups in total. The standard InChI is InChI=1S/C25H19Cl2F3N4O/c26-19-9-8-16(22(27)11-19)14-34-15-17(21-6-1-2-7-23(21)34)12-32-33-24(35)13-31-20-5-3-4-18(10-20)25(28,29)30/h1-12,15,31H,13-14H2,(H,33,35)/b32-12-. The number of hydrogen-bond acceptors (Lipinski definition) is 3. The number of nitrogens with zero attached hydrogens (tertiary/aromatic N) is 2. The molecule has 1 aromatic heterocycles. The lowest BCUT2D eigenvalue weighted by Gasteiger charge is -2.09. The molecule has 0 aliphatic heterocycles. The van der Waals surface area contributed by atoms with Crippen LogP contribution < -0.4 is 10.7 Å². The highest BCUT2D eigenvalue weighted by molar-refractivity contribution is 6.35. The van der Waals surface area contributed by atoms with Gasteiger partial charge in [0, 0.05) is 44.9 Å². The average molecular weight is 519 g/mol. The highest BCUT2D eigenvalue weighted by Gasteiger charge is 2.30. The summed E-state index contributed by atoms with van der Waals surface area (Å²) in [5.74, 6) is -0.504. The van der Waals surface area contributed by atoms with E-state index in [-0.39, 0.29) is 12.2 Å². The van der Waals surface area contributed by atoms with Crippen molar-refractivity contribution in [3.63, 3.8) is 0 Å². The number of carbonyl (C=O) groups excluding carboxylic acids is 1. The Balaban J connectivity index is 1.43. The molecule has 35 heavy (non-hydrogen) atoms. The quantitative estimate of drug-likeness (QED) is 0.214. The van der Waals surface area contributed by atoms with E-state index in [0.717, 1.165) is 34.2 Å². The van der Waals surface area contributed by atoms with Gasteiger partial charge < -0.3 is 9.88 Å². The molecule has 5 nitrogen and oxygen atoms in total. The number of aromatic nitrogens is 1. The highest BCUT2D eigenvalue weighted by Crippen LogP contribution is 2.30. The summed E-state index contributed by atoms with van der Waals surface area (Å²) >= 11 is 12.3. The summed E-state index contributed by atoms with van der Waals surface area (Å²) in [5, 5.41) is 8.72. The first kappa shape index (κ1) is 24.6. The third-order valence-corrected chi connectivity index (χ3v) is 5.80. The molecule has 0 saturated carbocycles. The topological polar surface area (TPSA) is 58.4 Å². The van der Waals surface area contributed by atoms with Crippen molar-refractivity contribution in [2.45, 2.75) is 12.7 Å². The van der Waals surface area contributed by atoms with E-state index in [1.54, 1.807) is 12.1 Å². The number of hydrazone groups is 1. The van der Waals surface area contributed by atoms with Gasteiger partial charge >= 0.3 is 6.18 Å². The van der Waals surface area contributed by atoms with Crippen molar-refractivity contribution < 1.29 is 18.0 Å². The molecule has 0 aliphatic carbocycles. The maximum absolute atomic E-state index is 12.8. The monoisotopic (exact) mass is 518 g/mol. The summed E-state index contributed by atoms with van der Waals surface area (Å²) in [4.78, 5) is 12.1. The van der Waals surface area contributed by atoms with Crippen LogP contribution in [0.4, 0.5) is 18.9 Å². The Morgan fingerprint density at radius 3 is 2.60 bits per heavy atom. The first-order valence-electron chi connectivity index (χ1n) is 10.5. The minimum absolute atomic E-state index is 0.183. The summed E-state index contributed by atoms with van der Waals surface area (Å²) in [6, 6.07) is 17.7. The second-order valence-corrected chi connectivity index (χ2v) is 8.53. The zero-order valence-corrected chi connectivity index (χ0v) is 19.6. The maximum atomic E-state index is 12.8. The van der Waals surface area contributed by atoms with Crippen LogP contribution in [-0.4, -0.2) is 23.2 Å². The molecule has 4 aromatic rings. The first-order chi connectivity index (χ1) is 16.7. The van der Waals surface area contributed by atoms with Gasteiger partial charge in [-0.1, -0.05) is 53.5 Å². The van der Waals surface area contributed by atoms with Crippen molar-refractivity contribution in [3.8, 4) is 0 Å². The maximum Gasteiger partial charge on any atom is 0.416 e. The summed E-state index contributed by atoms with van der Waals surface area (Å²) in [6.45, 7) is 0.271. The van der Waals surface area contributed by atoms with Gasteiger partial charge in [0.05, 0.1) is 18.3 Å². The van der Waals surface area contributed by atoms with Crippen LogP contribution in [-0.2, 0) is 17.5 Å². The van der Waals surface area contributed by atoms with E-state index in [2.05, 4.69) is 15.8 Å². The van der Waals surface area contributed by atoms with Gasteiger partial charge in [0.2, 0.25) is 0 Å². The number of fused-ring (bicyclic) bond motifs is 1. The predicted molar refractivity (Wildman–Crippen MR) is 133 cm³/mol. The fourth-order valence-electron chi connectivity index (χ4n) is 3.54. The largest absolute Gasteiger partial charge is 0.416 e. The average Bonchev–Trinajstić information content (AvgIpc) is 3.17. The van der Waals surface area contributed by atoms with Gasteiger partial charge in [-0.25, -0.2) is 5.43 Å². The third-order valence-electron chi connectivity index (χ3n) is 5.21. The third kappa shape index (κ3) is 6.15. The van der Waals surface area contributed by atoms with E-state index >= 15 is 0 Å². The van der Waals surface area contributed by atoms with Crippen LogP contribution in [0.3, 0.4) is 0 Å². The molecule has 4 rings (SSSR count). The van der Waals surface area contributed by atoms with E-state index in [0.29, 0.717) is 16.6 Å². The van der Waals surface area contributed by atoms with E-state index in [1.165, 1.54) is 18.3 Å². The molecule has 180 valence electrons. The number of hydrogen-bond donors (Lipinski definition) is 2. The van der Waals surface area contributed by atoms with Gasteiger partial charge in [-0.15, -0.1) is 0 Å². The predicted octanol–water partition coefficient (Wildman–Crippen LogP) is 6.58. The molecule has 0 spiro atoms. The Bertz CT molecular complexity index is 1400. The molecule has 0 fully saturated rings. The van der Waals surface area contributed by atoms with Crippen LogP contribution in [0.5, 0.6) is 0 Å². The van der Waals surface area contributed by atoms with Crippen molar-refractivity contribution in [3.05, 3.63) is 99.7 Å². The van der Waals surface area contributed by atoms with Gasteiger partial charge in [0.1, 0.15) is 0 Å². The number of rotatable bonds is 7. The Kier molecular flexibility index (Phi) is 7.33. The molecule has 0 aliphatic rings. The fourth-order valence-corrected chi connectivity index (χ4v) is 4.01. The van der Waals surface area contributed by atoms with Gasteiger partial charge in [-0.05, 0) is 42.0 Å². The molecular formula is C25H19Cl2F3N4O. The number of para-hydroxylation sites is 1. The molecular weight excluding hydrogens is 500 g/mol. The van der Waals surface area contributed by atoms with Crippen molar-refractivity contribution in [1.82, 2.24) is 9.99 Å². The number of anilines is 1. The van der Waals surface area contributed by atoms with Crippen molar-refractivity contribution >= 4 is 51.9 Å². The molecule has 3 aromatic carbocycles. The van der Waals surface area contributed by atoms with Crippen molar-refractivity contribution in [2.75, 3.05) is 11.9 Å². The summed E-state index contributed by atoms with van der Waals surface area (Å²) in [5.41, 5.74) is 4.40. The van der Waals surface area contributed by atoms with E-state index < -0.39 is 17.6 Å². The smallest absolute Gasteiger partial charge is 0.376 e. The fraction of sp³-hybridized carbons (Fsp3) is 0.120. The second kappa shape index (κ2) is 10.4. The zero-order valence-electron chi connectivity index (χ0n) is 18.1. The van der Waals surface area contributed by atoms with Gasteiger partial charge in [-0.2, -0.15) is 18.3 Å². The lowest BCUT2D eigenvalue weighted by atomic mass is 10.2. The number of benzene rings is 3. The number of carbonyl (C=O) groups is 1. The van der Waals surface area contributed by atoms with Gasteiger partial charge in [0.25, 0.3) is 5.91 Å². The van der Waals surface area contributed by atoms with E-state index in [1.807, 2.05) is 41.1 Å². The molecule has 0 saturated heterocycles. The number of halogens is 5. The number of nitrogens with one attached hydrogen (secondary N) is 2. The lowest BCUT2D eigenvalue weighted by Crippen LogP contribution is -2.26. The van der Waals surface area contributed by atoms with Crippen LogP contribution in [0.15, 0.2) is 78.0 Å². The van der Waals surface area contributed by atoms with E-state index in [4.69, 9.17) is 23.2 Å². The van der Waals surface area contributed by atoms with Crippen LogP contribution in [0.25, 0.3) is 10.9 Å². The highest BCUT2D eigenvalue weighted by atomic mass is 35.5. The van der Waals surface area contributed by atoms with Crippen LogP contribution >= 0.6 is 23.2 Å². The lowest BCUT2D eigenvalue weighted by molar-refractivity contribution is -0.137. The Hall–Kier alpha value is -3.49. The van der Waals surface area contributed by atoms with Crippen LogP contribution in [0.2, 0.25) is 10.0 Å². The minimum atomic E-state index is -4.46. The molecule has 0 bridgehead atoms.